The first-order chi connectivity index (χ1) is 22.4. The number of hydrogen-bond donors (Lipinski definition) is 2. The predicted molar refractivity (Wildman–Crippen MR) is 165 cm³/mol. The molecule has 0 unspecified atom stereocenters. The number of aliphatic hydroxyl groups is 1. The number of nitrogens with one attached hydrogen (secondary N) is 1. The number of ketones is 1. The van der Waals surface area contributed by atoms with Crippen LogP contribution in [0.25, 0.3) is 16.8 Å². The minimum absolute atomic E-state index is 0.0117. The maximum Gasteiger partial charge on any atom is 0.422 e. The third-order valence-electron chi connectivity index (χ3n) is 7.87. The molecule has 0 saturated carbocycles. The number of anilines is 2. The van der Waals surface area contributed by atoms with Gasteiger partial charge in [0, 0.05) is 42.8 Å². The number of pyridine rings is 1. The molecule has 3 heterocycles. The molecule has 3 aromatic carbocycles. The number of fused-ring (bicyclic) bond motifs is 1. The maximum atomic E-state index is 13.3. The molecule has 0 bridgehead atoms. The standard InChI is InChI=1S/C34H29F4N5O4/c1-20(22-6-10-26(35)11-7-22)29(45)14-21-2-4-23(5-3-21)25-9-13-31-40-33(41-43(31)16-25)39-28-12-8-24(32(46)42-17-27(44)18-42)15-30(28)47-19-34(36,37)38/h2-13,15-16,20,27,44H,14,17-19H2,1H3,(H,39,41)/t20-/m1/s1. The van der Waals surface area contributed by atoms with Crippen molar-refractivity contribution in [2.24, 2.45) is 0 Å². The van der Waals surface area contributed by atoms with Crippen molar-refractivity contribution < 1.29 is 37.0 Å². The molecule has 6 rings (SSSR count). The number of alkyl halides is 3. The molecule has 2 N–H and O–H groups in total. The van der Waals surface area contributed by atoms with Crippen LogP contribution in [0.15, 0.2) is 85.1 Å². The summed E-state index contributed by atoms with van der Waals surface area (Å²) >= 11 is 0. The van der Waals surface area contributed by atoms with E-state index in [1.807, 2.05) is 30.3 Å². The molecule has 1 fully saturated rings. The number of rotatable bonds is 10. The zero-order chi connectivity index (χ0) is 33.3. The van der Waals surface area contributed by atoms with Crippen LogP contribution >= 0.6 is 0 Å². The number of hydrogen-bond acceptors (Lipinski definition) is 7. The van der Waals surface area contributed by atoms with Crippen LogP contribution in [0.2, 0.25) is 0 Å². The van der Waals surface area contributed by atoms with Crippen LogP contribution in [0.5, 0.6) is 5.75 Å². The fourth-order valence-corrected chi connectivity index (χ4v) is 5.18. The van der Waals surface area contributed by atoms with Crippen molar-refractivity contribution in [3.05, 3.63) is 108 Å². The van der Waals surface area contributed by atoms with Crippen LogP contribution in [0.3, 0.4) is 0 Å². The molecule has 1 atom stereocenters. The number of aliphatic hydroxyl groups excluding tert-OH is 1. The van der Waals surface area contributed by atoms with Crippen molar-refractivity contribution in [3.8, 4) is 16.9 Å². The largest absolute Gasteiger partial charge is 0.482 e. The van der Waals surface area contributed by atoms with Gasteiger partial charge in [0.1, 0.15) is 17.3 Å². The lowest BCUT2D eigenvalue weighted by Crippen LogP contribution is -2.53. The number of carbonyl (C=O) groups is 2. The van der Waals surface area contributed by atoms with Gasteiger partial charge in [-0.25, -0.2) is 8.91 Å². The van der Waals surface area contributed by atoms with E-state index in [1.54, 1.807) is 31.3 Å². The Kier molecular flexibility index (Phi) is 8.65. The van der Waals surface area contributed by atoms with Gasteiger partial charge in [-0.05, 0) is 59.2 Å². The van der Waals surface area contributed by atoms with Crippen molar-refractivity contribution in [2.45, 2.75) is 31.5 Å². The number of nitrogens with zero attached hydrogens (tertiary/aromatic N) is 4. The molecule has 1 saturated heterocycles. The quantitative estimate of drug-likeness (QED) is 0.180. The van der Waals surface area contributed by atoms with Crippen molar-refractivity contribution in [1.29, 1.82) is 0 Å². The Morgan fingerprint density at radius 1 is 1.00 bits per heavy atom. The normalized spacial score (nSPS) is 14.1. The van der Waals surface area contributed by atoms with Gasteiger partial charge in [0.05, 0.1) is 11.8 Å². The molecule has 0 spiro atoms. The number of ether oxygens (including phenoxy) is 1. The second kappa shape index (κ2) is 12.8. The van der Waals surface area contributed by atoms with Gasteiger partial charge < -0.3 is 20.1 Å². The predicted octanol–water partition coefficient (Wildman–Crippen LogP) is 5.95. The van der Waals surface area contributed by atoms with Crippen LogP contribution in [0, 0.1) is 5.82 Å². The van der Waals surface area contributed by atoms with E-state index in [9.17, 15) is 32.3 Å². The van der Waals surface area contributed by atoms with Gasteiger partial charge in [-0.2, -0.15) is 18.2 Å². The molecule has 0 aliphatic carbocycles. The average molecular weight is 648 g/mol. The van der Waals surface area contributed by atoms with Crippen LogP contribution in [0.4, 0.5) is 29.2 Å². The molecule has 1 aliphatic rings. The number of Topliss-reactive ketones (excluding diaryl/α,β-unsaturated/α-hetero) is 1. The number of likely N-dealkylation sites (tertiary alicyclic amines) is 1. The molecule has 13 heteroatoms. The first-order valence-corrected chi connectivity index (χ1v) is 14.7. The average Bonchev–Trinajstić information content (AvgIpc) is 3.44. The third-order valence-corrected chi connectivity index (χ3v) is 7.87. The molecular weight excluding hydrogens is 618 g/mol. The van der Waals surface area contributed by atoms with Crippen molar-refractivity contribution in [2.75, 3.05) is 25.0 Å². The van der Waals surface area contributed by atoms with E-state index in [4.69, 9.17) is 4.74 Å². The van der Waals surface area contributed by atoms with Crippen molar-refractivity contribution in [1.82, 2.24) is 19.5 Å². The monoisotopic (exact) mass is 647 g/mol. The second-order valence-electron chi connectivity index (χ2n) is 11.4. The lowest BCUT2D eigenvalue weighted by atomic mass is 9.92. The molecule has 242 valence electrons. The third kappa shape index (κ3) is 7.41. The van der Waals surface area contributed by atoms with Gasteiger partial charge >= 0.3 is 6.18 Å². The van der Waals surface area contributed by atoms with Crippen LogP contribution in [0.1, 0.15) is 34.3 Å². The minimum Gasteiger partial charge on any atom is -0.482 e. The summed E-state index contributed by atoms with van der Waals surface area (Å²) in [6.07, 6.45) is -3.26. The Labute approximate surface area is 266 Å². The number of halogens is 4. The first-order valence-electron chi connectivity index (χ1n) is 14.7. The van der Waals surface area contributed by atoms with Crippen LogP contribution < -0.4 is 10.1 Å². The van der Waals surface area contributed by atoms with Gasteiger partial charge in [0.2, 0.25) is 5.95 Å². The van der Waals surface area contributed by atoms with E-state index in [0.29, 0.717) is 5.65 Å². The summed E-state index contributed by atoms with van der Waals surface area (Å²) in [5, 5.41) is 16.8. The van der Waals surface area contributed by atoms with Gasteiger partial charge in [0.15, 0.2) is 12.3 Å². The van der Waals surface area contributed by atoms with E-state index in [0.717, 1.165) is 22.3 Å². The van der Waals surface area contributed by atoms with Crippen molar-refractivity contribution >= 4 is 29.0 Å². The highest BCUT2D eigenvalue weighted by Crippen LogP contribution is 2.31. The summed E-state index contributed by atoms with van der Waals surface area (Å²) in [4.78, 5) is 31.3. The number of aromatic nitrogens is 3. The fourth-order valence-electron chi connectivity index (χ4n) is 5.18. The molecule has 1 amide bonds. The van der Waals surface area contributed by atoms with E-state index < -0.39 is 24.8 Å². The molecule has 5 aromatic rings. The summed E-state index contributed by atoms with van der Waals surface area (Å²) in [5.41, 5.74) is 3.96. The number of amides is 1. The van der Waals surface area contributed by atoms with E-state index in [-0.39, 0.29) is 60.0 Å². The molecule has 1 aliphatic heterocycles. The Hall–Kier alpha value is -5.30. The lowest BCUT2D eigenvalue weighted by molar-refractivity contribution is -0.153. The minimum atomic E-state index is -4.60. The smallest absolute Gasteiger partial charge is 0.422 e. The fraction of sp³-hybridized carbons (Fsp3) is 0.235. The Balaban J connectivity index is 1.16. The van der Waals surface area contributed by atoms with E-state index in [1.165, 1.54) is 39.7 Å². The van der Waals surface area contributed by atoms with Gasteiger partial charge in [-0.3, -0.25) is 9.59 Å². The highest BCUT2D eigenvalue weighted by Gasteiger charge is 2.31. The maximum absolute atomic E-state index is 13.3. The van der Waals surface area contributed by atoms with E-state index in [2.05, 4.69) is 15.4 Å². The van der Waals surface area contributed by atoms with Gasteiger partial charge in [0.25, 0.3) is 5.91 Å². The molecule has 2 aromatic heterocycles. The molecule has 0 radical (unpaired) electrons. The highest BCUT2D eigenvalue weighted by atomic mass is 19.4. The zero-order valence-corrected chi connectivity index (χ0v) is 25.0. The Morgan fingerprint density at radius 3 is 2.38 bits per heavy atom. The Morgan fingerprint density at radius 2 is 1.70 bits per heavy atom. The zero-order valence-electron chi connectivity index (χ0n) is 25.0. The SMILES string of the molecule is C[C@@H](C(=O)Cc1ccc(-c2ccc3nc(Nc4ccc(C(=O)N5CC(O)C5)cc4OCC(F)(F)F)nn3c2)cc1)c1ccc(F)cc1. The first kappa shape index (κ1) is 31.7. The summed E-state index contributed by atoms with van der Waals surface area (Å²) in [5.74, 6) is -1.27. The van der Waals surface area contributed by atoms with Crippen molar-refractivity contribution in [3.63, 3.8) is 0 Å². The summed E-state index contributed by atoms with van der Waals surface area (Å²) in [6.45, 7) is 0.525. The van der Waals surface area contributed by atoms with Gasteiger partial charge in [-0.1, -0.05) is 43.3 Å². The van der Waals surface area contributed by atoms with Crippen LogP contribution in [-0.2, 0) is 11.2 Å². The molecule has 9 nitrogen and oxygen atoms in total. The highest BCUT2D eigenvalue weighted by molar-refractivity contribution is 5.96. The number of benzene rings is 3. The van der Waals surface area contributed by atoms with E-state index >= 15 is 0 Å². The second-order valence-corrected chi connectivity index (χ2v) is 11.4. The lowest BCUT2D eigenvalue weighted by Gasteiger charge is -2.36. The summed E-state index contributed by atoms with van der Waals surface area (Å²) < 4.78 is 58.8. The number of carbonyl (C=O) groups excluding carboxylic acids is 2. The number of β-amino-alcohol motifs (C(OH)–C–C–N with tert-alkyl or cyclic N) is 1. The molecule has 47 heavy (non-hydrogen) atoms. The molecular formula is C34H29F4N5O4. The topological polar surface area (TPSA) is 109 Å². The van der Waals surface area contributed by atoms with Crippen LogP contribution in [-0.4, -0.2) is 68.3 Å². The Bertz CT molecular complexity index is 1920. The summed E-state index contributed by atoms with van der Waals surface area (Å²) in [6, 6.07) is 21.1. The van der Waals surface area contributed by atoms with Gasteiger partial charge in [-0.15, -0.1) is 5.10 Å². The summed E-state index contributed by atoms with van der Waals surface area (Å²) in [7, 11) is 0.